The number of halogens is 10. The number of hydrogen-bond donors (Lipinski definition) is 1. The molecule has 0 amide bonds. The first kappa shape index (κ1) is 19.4. The Bertz CT molecular complexity index is 787. The zero-order chi connectivity index (χ0) is 19.4. The average molecular weight is 378 g/mol. The van der Waals surface area contributed by atoms with Crippen molar-refractivity contribution in [2.75, 3.05) is 0 Å². The van der Waals surface area contributed by atoms with Gasteiger partial charge in [0, 0.05) is 10.9 Å². The fourth-order valence-electron chi connectivity index (χ4n) is 2.18. The normalized spacial score (nSPS) is 24.2. The molecule has 0 fully saturated rings. The second-order valence-electron chi connectivity index (χ2n) is 5.21. The molecule has 0 bridgehead atoms. The van der Waals surface area contributed by atoms with Gasteiger partial charge in [0.2, 0.25) is 0 Å². The van der Waals surface area contributed by atoms with Crippen molar-refractivity contribution in [2.24, 2.45) is 0 Å². The van der Waals surface area contributed by atoms with Gasteiger partial charge in [-0.1, -0.05) is 0 Å². The third kappa shape index (κ3) is 2.62. The Labute approximate surface area is 133 Å². The van der Waals surface area contributed by atoms with Crippen LogP contribution >= 0.6 is 0 Å². The molecule has 1 aliphatic carbocycles. The molecule has 0 heterocycles. The van der Waals surface area contributed by atoms with Crippen molar-refractivity contribution in [2.45, 2.75) is 18.8 Å². The lowest BCUT2D eigenvalue weighted by molar-refractivity contribution is 0.0776. The minimum atomic E-state index is -3.84. The summed E-state index contributed by atoms with van der Waals surface area (Å²) < 4.78 is 135. The van der Waals surface area contributed by atoms with Gasteiger partial charge in [-0.3, -0.25) is 0 Å². The van der Waals surface area contributed by atoms with Crippen molar-refractivity contribution in [1.29, 1.82) is 0 Å². The molecule has 1 N–H and O–H groups in total. The summed E-state index contributed by atoms with van der Waals surface area (Å²) in [6.07, 6.45) is -3.53. The van der Waals surface area contributed by atoms with Crippen molar-refractivity contribution in [3.05, 3.63) is 52.0 Å². The molecule has 2 unspecified atom stereocenters. The molecule has 0 saturated carbocycles. The standard InChI is InChI=1S/C13H5BF10O/c1-13(24)11(22)6(17)3(7(18)12(13)23)14(25)2-4(15)8(19)10(21)9(20)5(2)16/h11,25H,1H3. The molecule has 136 valence electrons. The highest BCUT2D eigenvalue weighted by Crippen LogP contribution is 2.44. The Morgan fingerprint density at radius 1 is 0.840 bits per heavy atom. The second-order valence-corrected chi connectivity index (χ2v) is 5.21. The van der Waals surface area contributed by atoms with Crippen LogP contribution < -0.4 is 5.46 Å². The molecular weight excluding hydrogens is 373 g/mol. The Balaban J connectivity index is 2.75. The SMILES string of the molecule is CC1(F)C(F)=C(F)C(B(O)c2c(F)c(F)c(F)c(F)c2F)=C(F)C1F. The first-order valence-electron chi connectivity index (χ1n) is 6.33. The molecule has 1 aromatic carbocycles. The van der Waals surface area contributed by atoms with E-state index >= 15 is 0 Å². The molecule has 2 rings (SSSR count). The maximum atomic E-state index is 13.8. The number of hydrogen-bond acceptors (Lipinski definition) is 1. The van der Waals surface area contributed by atoms with E-state index in [1.807, 2.05) is 0 Å². The van der Waals surface area contributed by atoms with Crippen LogP contribution in [0, 0.1) is 29.1 Å². The summed E-state index contributed by atoms with van der Waals surface area (Å²) in [6, 6.07) is 0. The quantitative estimate of drug-likeness (QED) is 0.361. The van der Waals surface area contributed by atoms with Crippen LogP contribution in [0.3, 0.4) is 0 Å². The fraction of sp³-hybridized carbons (Fsp3) is 0.231. The third-order valence-corrected chi connectivity index (χ3v) is 3.60. The van der Waals surface area contributed by atoms with E-state index in [1.54, 1.807) is 0 Å². The van der Waals surface area contributed by atoms with E-state index in [9.17, 15) is 48.9 Å². The largest absolute Gasteiger partial charge is 0.442 e. The lowest BCUT2D eigenvalue weighted by Crippen LogP contribution is -2.45. The lowest BCUT2D eigenvalue weighted by atomic mass is 9.52. The highest BCUT2D eigenvalue weighted by Gasteiger charge is 2.52. The first-order chi connectivity index (χ1) is 11.4. The van der Waals surface area contributed by atoms with Crippen molar-refractivity contribution >= 4 is 12.4 Å². The van der Waals surface area contributed by atoms with Crippen molar-refractivity contribution in [1.82, 2.24) is 0 Å². The van der Waals surface area contributed by atoms with Crippen LogP contribution in [0.25, 0.3) is 0 Å². The minimum absolute atomic E-state index is 0.105. The lowest BCUT2D eigenvalue weighted by Gasteiger charge is -2.29. The third-order valence-electron chi connectivity index (χ3n) is 3.60. The van der Waals surface area contributed by atoms with E-state index in [0.29, 0.717) is 0 Å². The molecule has 1 aliphatic rings. The molecular formula is C13H5BF10O. The van der Waals surface area contributed by atoms with Gasteiger partial charge in [-0.2, -0.15) is 0 Å². The number of benzene rings is 1. The minimum Gasteiger partial charge on any atom is -0.442 e. The topological polar surface area (TPSA) is 20.2 Å². The van der Waals surface area contributed by atoms with Crippen LogP contribution in [0.4, 0.5) is 43.9 Å². The van der Waals surface area contributed by atoms with Crippen molar-refractivity contribution < 1.29 is 48.9 Å². The van der Waals surface area contributed by atoms with E-state index in [4.69, 9.17) is 0 Å². The average Bonchev–Trinajstić information content (AvgIpc) is 2.55. The Hall–Kier alpha value is -1.98. The summed E-state index contributed by atoms with van der Waals surface area (Å²) in [7, 11) is 0. The van der Waals surface area contributed by atoms with Gasteiger partial charge in [-0.05, 0) is 6.92 Å². The number of alkyl halides is 2. The van der Waals surface area contributed by atoms with Crippen molar-refractivity contribution in [3.63, 3.8) is 0 Å². The zero-order valence-corrected chi connectivity index (χ0v) is 11.9. The van der Waals surface area contributed by atoms with Crippen LogP contribution in [0.1, 0.15) is 6.92 Å². The highest BCUT2D eigenvalue weighted by molar-refractivity contribution is 6.74. The van der Waals surface area contributed by atoms with Crippen molar-refractivity contribution in [3.8, 4) is 0 Å². The molecule has 0 aromatic heterocycles. The summed E-state index contributed by atoms with van der Waals surface area (Å²) in [5.74, 6) is -20.7. The highest BCUT2D eigenvalue weighted by atomic mass is 19.2. The zero-order valence-electron chi connectivity index (χ0n) is 11.9. The second kappa shape index (κ2) is 6.08. The molecule has 2 atom stereocenters. The number of rotatable bonds is 2. The predicted octanol–water partition coefficient (Wildman–Crippen LogP) is 3.57. The molecule has 0 spiro atoms. The van der Waals surface area contributed by atoms with Crippen LogP contribution in [0.15, 0.2) is 23.0 Å². The molecule has 1 aromatic rings. The van der Waals surface area contributed by atoms with E-state index in [2.05, 4.69) is 0 Å². The van der Waals surface area contributed by atoms with Gasteiger partial charge in [0.25, 0.3) is 0 Å². The Morgan fingerprint density at radius 2 is 1.24 bits per heavy atom. The summed E-state index contributed by atoms with van der Waals surface area (Å²) >= 11 is 0. The summed E-state index contributed by atoms with van der Waals surface area (Å²) in [6.45, 7) is -3.24. The smallest absolute Gasteiger partial charge is 0.371 e. The molecule has 0 radical (unpaired) electrons. The van der Waals surface area contributed by atoms with Crippen LogP contribution in [0.5, 0.6) is 0 Å². The van der Waals surface area contributed by atoms with E-state index in [-0.39, 0.29) is 6.92 Å². The summed E-state index contributed by atoms with van der Waals surface area (Å²) in [4.78, 5) is 0. The summed E-state index contributed by atoms with van der Waals surface area (Å²) in [5.41, 5.74) is -8.11. The Morgan fingerprint density at radius 3 is 1.68 bits per heavy atom. The molecule has 1 nitrogen and oxygen atoms in total. The maximum Gasteiger partial charge on any atom is 0.371 e. The first-order valence-corrected chi connectivity index (χ1v) is 6.33. The number of allylic oxidation sites excluding steroid dienone is 4. The molecule has 0 aliphatic heterocycles. The predicted molar refractivity (Wildman–Crippen MR) is 65.6 cm³/mol. The van der Waals surface area contributed by atoms with E-state index < -0.39 is 76.3 Å². The monoisotopic (exact) mass is 378 g/mol. The van der Waals surface area contributed by atoms with Gasteiger partial charge >= 0.3 is 6.92 Å². The maximum absolute atomic E-state index is 13.8. The Kier molecular flexibility index (Phi) is 4.70. The molecule has 12 heteroatoms. The van der Waals surface area contributed by atoms with Gasteiger partial charge in [0.1, 0.15) is 5.83 Å². The van der Waals surface area contributed by atoms with E-state index in [1.165, 1.54) is 0 Å². The van der Waals surface area contributed by atoms with E-state index in [0.717, 1.165) is 0 Å². The van der Waals surface area contributed by atoms with Crippen LogP contribution in [0.2, 0.25) is 0 Å². The van der Waals surface area contributed by atoms with Gasteiger partial charge in [-0.25, -0.2) is 43.9 Å². The van der Waals surface area contributed by atoms with Gasteiger partial charge < -0.3 is 5.02 Å². The molecule has 0 saturated heterocycles. The van der Waals surface area contributed by atoms with Crippen LogP contribution in [-0.4, -0.2) is 23.8 Å². The molecule has 25 heavy (non-hydrogen) atoms. The van der Waals surface area contributed by atoms with Gasteiger partial charge in [0.05, 0.1) is 0 Å². The van der Waals surface area contributed by atoms with Crippen LogP contribution in [-0.2, 0) is 0 Å². The summed E-state index contributed by atoms with van der Waals surface area (Å²) in [5, 5.41) is 9.63. The van der Waals surface area contributed by atoms with Gasteiger partial charge in [-0.15, -0.1) is 0 Å². The van der Waals surface area contributed by atoms with Gasteiger partial charge in [0.15, 0.2) is 52.6 Å². The fourth-order valence-corrected chi connectivity index (χ4v) is 2.18.